The molecule has 49 heavy (non-hydrogen) atoms. The topological polar surface area (TPSA) is 95.0 Å². The van der Waals surface area contributed by atoms with E-state index in [0.717, 1.165) is 17.7 Å². The molecule has 13 heteroatoms. The van der Waals surface area contributed by atoms with E-state index in [1.165, 1.54) is 4.31 Å². The van der Waals surface area contributed by atoms with Crippen LogP contribution in [0.4, 0.5) is 4.79 Å². The molecule has 264 valence electrons. The van der Waals surface area contributed by atoms with Crippen LogP contribution in [0.5, 0.6) is 5.75 Å². The third-order valence-corrected chi connectivity index (χ3v) is 11.1. The Kier molecular flexibility index (Phi) is 12.3. The lowest BCUT2D eigenvalue weighted by molar-refractivity contribution is 0.0963. The van der Waals surface area contributed by atoms with Crippen LogP contribution in [0.3, 0.4) is 0 Å². The molecule has 1 fully saturated rings. The first-order valence-corrected chi connectivity index (χ1v) is 18.8. The lowest BCUT2D eigenvalue weighted by Crippen LogP contribution is -2.54. The maximum Gasteiger partial charge on any atom is 0.326 e. The fourth-order valence-corrected chi connectivity index (χ4v) is 7.92. The molecule has 0 radical (unpaired) electrons. The molecule has 10 nitrogen and oxygen atoms in total. The molecule has 3 aromatic rings. The highest BCUT2D eigenvalue weighted by atomic mass is 35.5. The van der Waals surface area contributed by atoms with Crippen molar-refractivity contribution in [3.8, 4) is 5.75 Å². The highest BCUT2D eigenvalue weighted by Crippen LogP contribution is 2.46. The number of nitrogens with zero attached hydrogens (tertiary/aromatic N) is 5. The number of halogens is 2. The quantitative estimate of drug-likeness (QED) is 0.209. The summed E-state index contributed by atoms with van der Waals surface area (Å²) in [7, 11) is -0.608. The Bertz CT molecular complexity index is 1730. The van der Waals surface area contributed by atoms with Crippen molar-refractivity contribution in [3.63, 3.8) is 0 Å². The monoisotopic (exact) mass is 729 g/mol. The summed E-state index contributed by atoms with van der Waals surface area (Å²) in [6, 6.07) is 18.3. The third kappa shape index (κ3) is 8.41. The van der Waals surface area contributed by atoms with Crippen molar-refractivity contribution in [1.82, 2.24) is 19.0 Å². The van der Waals surface area contributed by atoms with Gasteiger partial charge in [-0.3, -0.25) is 14.8 Å². The number of urea groups is 1. The number of hydrogen-bond donors (Lipinski definition) is 0. The molecule has 0 saturated carbocycles. The molecule has 1 saturated heterocycles. The average molecular weight is 731 g/mol. The Morgan fingerprint density at radius 1 is 0.959 bits per heavy atom. The van der Waals surface area contributed by atoms with Crippen LogP contribution in [-0.2, 0) is 14.8 Å². The van der Waals surface area contributed by atoms with E-state index in [4.69, 9.17) is 37.7 Å². The van der Waals surface area contributed by atoms with Crippen LogP contribution in [-0.4, -0.2) is 106 Å². The lowest BCUT2D eigenvalue weighted by Gasteiger charge is -2.39. The number of sulfonamides is 1. The molecule has 5 rings (SSSR count). The molecule has 2 amide bonds. The van der Waals surface area contributed by atoms with Gasteiger partial charge in [0.2, 0.25) is 10.0 Å². The predicted molar refractivity (Wildman–Crippen MR) is 194 cm³/mol. The number of rotatable bonds is 12. The average Bonchev–Trinajstić information content (AvgIpc) is 3.48. The molecule has 2 atom stereocenters. The van der Waals surface area contributed by atoms with Gasteiger partial charge in [-0.1, -0.05) is 61.3 Å². The molecule has 0 aromatic heterocycles. The standard InChI is InChI=1S/C36H45Cl2N5O5S/c1-6-48-32-16-15-30(49(45,46)40(4)24-25(2)3)23-31(32)35-39-33(26-7-11-28(37)12-8-26)34(27-9-13-29(38)14-10-27)43(35)36(44)42-19-17-41(18-20-42)21-22-47-5/h7-16,23,25,33-34H,6,17-22,24H2,1-5H3. The maximum absolute atomic E-state index is 14.9. The minimum atomic E-state index is -3.87. The van der Waals surface area contributed by atoms with Crippen LogP contribution in [0.25, 0.3) is 0 Å². The lowest BCUT2D eigenvalue weighted by atomic mass is 9.93. The van der Waals surface area contributed by atoms with Crippen molar-refractivity contribution in [1.29, 1.82) is 0 Å². The second-order valence-corrected chi connectivity index (χ2v) is 15.6. The number of amidine groups is 1. The second-order valence-electron chi connectivity index (χ2n) is 12.7. The molecule has 3 aromatic carbocycles. The van der Waals surface area contributed by atoms with Gasteiger partial charge in [0.25, 0.3) is 0 Å². The van der Waals surface area contributed by atoms with E-state index in [-0.39, 0.29) is 16.8 Å². The van der Waals surface area contributed by atoms with Crippen LogP contribution < -0.4 is 4.74 Å². The van der Waals surface area contributed by atoms with E-state index in [0.29, 0.717) is 73.1 Å². The Hall–Kier alpha value is -3.19. The SMILES string of the molecule is CCOc1ccc(S(=O)(=O)N(C)CC(C)C)cc1C1=NC(c2ccc(Cl)cc2)C(c2ccc(Cl)cc2)N1C(=O)N1CCN(CCOC)CC1. The number of aliphatic imine (C=N–C) groups is 1. The minimum absolute atomic E-state index is 0.0916. The fourth-order valence-electron chi connectivity index (χ4n) is 6.31. The molecule has 2 aliphatic heterocycles. The number of hydrogen-bond acceptors (Lipinski definition) is 7. The Morgan fingerprint density at radius 2 is 1.57 bits per heavy atom. The van der Waals surface area contributed by atoms with Crippen molar-refractivity contribution in [3.05, 3.63) is 93.5 Å². The summed E-state index contributed by atoms with van der Waals surface area (Å²) < 4.78 is 40.4. The maximum atomic E-state index is 14.9. The summed E-state index contributed by atoms with van der Waals surface area (Å²) in [5.41, 5.74) is 2.09. The normalized spacial score (nSPS) is 18.8. The highest BCUT2D eigenvalue weighted by molar-refractivity contribution is 7.89. The first-order valence-electron chi connectivity index (χ1n) is 16.6. The number of carbonyl (C=O) groups excluding carboxylic acids is 1. The van der Waals surface area contributed by atoms with Crippen molar-refractivity contribution < 1.29 is 22.7 Å². The van der Waals surface area contributed by atoms with Crippen molar-refractivity contribution >= 4 is 45.1 Å². The van der Waals surface area contributed by atoms with Gasteiger partial charge in [0.05, 0.1) is 29.7 Å². The molecule has 2 heterocycles. The molecule has 0 spiro atoms. The highest BCUT2D eigenvalue weighted by Gasteiger charge is 2.45. The summed E-state index contributed by atoms with van der Waals surface area (Å²) in [4.78, 5) is 26.0. The second kappa shape index (κ2) is 16.2. The first kappa shape index (κ1) is 37.1. The Morgan fingerprint density at radius 3 is 2.14 bits per heavy atom. The van der Waals surface area contributed by atoms with E-state index < -0.39 is 22.1 Å². The number of benzene rings is 3. The molecule has 0 N–H and O–H groups in total. The van der Waals surface area contributed by atoms with Gasteiger partial charge in [-0.2, -0.15) is 0 Å². The van der Waals surface area contributed by atoms with E-state index in [1.807, 2.05) is 49.9 Å². The number of ether oxygens (including phenoxy) is 2. The molecule has 0 aliphatic carbocycles. The van der Waals surface area contributed by atoms with Crippen molar-refractivity contribution in [2.24, 2.45) is 10.9 Å². The van der Waals surface area contributed by atoms with Crippen molar-refractivity contribution in [2.45, 2.75) is 37.8 Å². The van der Waals surface area contributed by atoms with Crippen LogP contribution in [0.2, 0.25) is 10.0 Å². The molecule has 2 aliphatic rings. The van der Waals surface area contributed by atoms with Crippen LogP contribution >= 0.6 is 23.2 Å². The Labute approximate surface area is 300 Å². The third-order valence-electron chi connectivity index (χ3n) is 8.77. The minimum Gasteiger partial charge on any atom is -0.493 e. The van der Waals surface area contributed by atoms with Crippen LogP contribution in [0.1, 0.15) is 49.5 Å². The summed E-state index contributed by atoms with van der Waals surface area (Å²) in [6.07, 6.45) is 0. The zero-order chi connectivity index (χ0) is 35.3. The van der Waals surface area contributed by atoms with Gasteiger partial charge < -0.3 is 14.4 Å². The van der Waals surface area contributed by atoms with Gasteiger partial charge in [0.15, 0.2) is 0 Å². The number of amides is 2. The van der Waals surface area contributed by atoms with E-state index in [1.54, 1.807) is 61.5 Å². The Balaban J connectivity index is 1.67. The zero-order valence-electron chi connectivity index (χ0n) is 28.7. The van der Waals surface area contributed by atoms with Gasteiger partial charge in [-0.15, -0.1) is 0 Å². The largest absolute Gasteiger partial charge is 0.493 e. The summed E-state index contributed by atoms with van der Waals surface area (Å²) in [5, 5.41) is 1.15. The molecule has 2 unspecified atom stereocenters. The van der Waals surface area contributed by atoms with Gasteiger partial charge in [0, 0.05) is 63.5 Å². The first-order chi connectivity index (χ1) is 23.4. The van der Waals surface area contributed by atoms with E-state index in [2.05, 4.69) is 4.90 Å². The van der Waals surface area contributed by atoms with Crippen LogP contribution in [0, 0.1) is 5.92 Å². The number of methoxy groups -OCH3 is 1. The summed E-state index contributed by atoms with van der Waals surface area (Å²) >= 11 is 12.6. The number of piperazine rings is 1. The molecular formula is C36H45Cl2N5O5S. The van der Waals surface area contributed by atoms with Gasteiger partial charge in [-0.05, 0) is 66.4 Å². The molecular weight excluding hydrogens is 685 g/mol. The van der Waals surface area contributed by atoms with E-state index >= 15 is 0 Å². The van der Waals surface area contributed by atoms with Crippen LogP contribution in [0.15, 0.2) is 76.6 Å². The van der Waals surface area contributed by atoms with Crippen molar-refractivity contribution in [2.75, 3.05) is 66.6 Å². The van der Waals surface area contributed by atoms with Gasteiger partial charge >= 0.3 is 6.03 Å². The fraction of sp³-hybridized carbons (Fsp3) is 0.444. The van der Waals surface area contributed by atoms with Gasteiger partial charge in [-0.25, -0.2) is 17.5 Å². The molecule has 0 bridgehead atoms. The smallest absolute Gasteiger partial charge is 0.326 e. The summed E-state index contributed by atoms with van der Waals surface area (Å²) in [5.74, 6) is 0.892. The zero-order valence-corrected chi connectivity index (χ0v) is 31.0. The van der Waals surface area contributed by atoms with Gasteiger partial charge in [0.1, 0.15) is 17.6 Å². The van der Waals surface area contributed by atoms with E-state index in [9.17, 15) is 13.2 Å². The number of carbonyl (C=O) groups is 1. The predicted octanol–water partition coefficient (Wildman–Crippen LogP) is 6.60. The summed E-state index contributed by atoms with van der Waals surface area (Å²) in [6.45, 7) is 10.3.